The lowest BCUT2D eigenvalue weighted by atomic mass is 10.3. The van der Waals surface area contributed by atoms with Crippen molar-refractivity contribution in [2.45, 2.75) is 6.92 Å². The Hall–Kier alpha value is -1.65. The van der Waals surface area contributed by atoms with Crippen LogP contribution in [0.15, 0.2) is 12.5 Å². The van der Waals surface area contributed by atoms with Crippen molar-refractivity contribution in [3.8, 4) is 0 Å². The number of nitrogens with zero attached hydrogens (tertiary/aromatic N) is 3. The van der Waals surface area contributed by atoms with Gasteiger partial charge in [-0.2, -0.15) is 0 Å². The minimum atomic E-state index is -1.00. The van der Waals surface area contributed by atoms with Gasteiger partial charge in [0, 0.05) is 19.8 Å². The number of aromatic nitrogens is 2. The molecular formula is C8H11N3O2. The van der Waals surface area contributed by atoms with Crippen LogP contribution < -0.4 is 4.90 Å². The quantitative estimate of drug-likeness (QED) is 0.740. The molecule has 1 aromatic heterocycles. The molecule has 0 fully saturated rings. The molecule has 0 saturated heterocycles. The Morgan fingerprint density at radius 1 is 1.69 bits per heavy atom. The number of hydrogen-bond acceptors (Lipinski definition) is 4. The maximum Gasteiger partial charge on any atom is 0.341 e. The van der Waals surface area contributed by atoms with E-state index in [2.05, 4.69) is 9.97 Å². The van der Waals surface area contributed by atoms with Gasteiger partial charge in [-0.05, 0) is 6.92 Å². The Labute approximate surface area is 76.0 Å². The van der Waals surface area contributed by atoms with Gasteiger partial charge in [-0.1, -0.05) is 0 Å². The first kappa shape index (κ1) is 9.44. The third kappa shape index (κ3) is 1.93. The molecule has 0 amide bonds. The van der Waals surface area contributed by atoms with E-state index in [4.69, 9.17) is 5.11 Å². The molecular weight excluding hydrogens is 170 g/mol. The largest absolute Gasteiger partial charge is 0.477 e. The van der Waals surface area contributed by atoms with Crippen LogP contribution in [0.3, 0.4) is 0 Å². The topological polar surface area (TPSA) is 66.3 Å². The molecule has 70 valence electrons. The van der Waals surface area contributed by atoms with Gasteiger partial charge < -0.3 is 10.0 Å². The fraction of sp³-hybridized carbons (Fsp3) is 0.375. The maximum atomic E-state index is 10.7. The highest BCUT2D eigenvalue weighted by atomic mass is 16.4. The number of anilines is 1. The van der Waals surface area contributed by atoms with Gasteiger partial charge in [-0.15, -0.1) is 0 Å². The molecule has 0 unspecified atom stereocenters. The first-order valence-electron chi connectivity index (χ1n) is 3.91. The molecule has 5 nitrogen and oxygen atoms in total. The molecule has 0 bridgehead atoms. The van der Waals surface area contributed by atoms with E-state index < -0.39 is 5.97 Å². The van der Waals surface area contributed by atoms with Crippen LogP contribution in [-0.4, -0.2) is 34.6 Å². The normalized spacial score (nSPS) is 9.69. The van der Waals surface area contributed by atoms with Gasteiger partial charge >= 0.3 is 5.97 Å². The number of rotatable bonds is 3. The van der Waals surface area contributed by atoms with Gasteiger partial charge in [-0.3, -0.25) is 0 Å². The van der Waals surface area contributed by atoms with Crippen LogP contribution in [0.5, 0.6) is 0 Å². The first-order chi connectivity index (χ1) is 6.16. The average molecular weight is 181 g/mol. The average Bonchev–Trinajstić information content (AvgIpc) is 2.16. The molecule has 0 aliphatic rings. The lowest BCUT2D eigenvalue weighted by Crippen LogP contribution is -2.20. The molecule has 0 aliphatic heterocycles. The van der Waals surface area contributed by atoms with Gasteiger partial charge in [0.2, 0.25) is 0 Å². The monoisotopic (exact) mass is 181 g/mol. The summed E-state index contributed by atoms with van der Waals surface area (Å²) in [7, 11) is 1.79. The molecule has 0 radical (unpaired) electrons. The number of carboxylic acid groups (broad SMARTS) is 1. The van der Waals surface area contributed by atoms with Crippen molar-refractivity contribution in [2.24, 2.45) is 0 Å². The van der Waals surface area contributed by atoms with E-state index in [0.29, 0.717) is 12.4 Å². The van der Waals surface area contributed by atoms with Crippen LogP contribution in [0.1, 0.15) is 17.3 Å². The second kappa shape index (κ2) is 3.84. The highest BCUT2D eigenvalue weighted by Gasteiger charge is 2.13. The Balaban J connectivity index is 3.11. The van der Waals surface area contributed by atoms with E-state index in [-0.39, 0.29) is 5.56 Å². The maximum absolute atomic E-state index is 10.7. The predicted octanol–water partition coefficient (Wildman–Crippen LogP) is 0.631. The molecule has 13 heavy (non-hydrogen) atoms. The van der Waals surface area contributed by atoms with E-state index in [9.17, 15) is 4.79 Å². The second-order valence-electron chi connectivity index (χ2n) is 2.58. The van der Waals surface area contributed by atoms with Crippen LogP contribution in [-0.2, 0) is 0 Å². The third-order valence-corrected chi connectivity index (χ3v) is 1.76. The van der Waals surface area contributed by atoms with E-state index >= 15 is 0 Å². The Morgan fingerprint density at radius 2 is 2.38 bits per heavy atom. The van der Waals surface area contributed by atoms with Crippen molar-refractivity contribution in [2.75, 3.05) is 18.5 Å². The van der Waals surface area contributed by atoms with E-state index in [0.717, 1.165) is 0 Å². The standard InChI is InChI=1S/C8H11N3O2/c1-3-11(2)7-6(8(12)13)4-9-5-10-7/h4-5H,3H2,1-2H3,(H,12,13). The van der Waals surface area contributed by atoms with Gasteiger partial charge in [-0.25, -0.2) is 14.8 Å². The zero-order valence-corrected chi connectivity index (χ0v) is 7.56. The van der Waals surface area contributed by atoms with Gasteiger partial charge in [0.25, 0.3) is 0 Å². The van der Waals surface area contributed by atoms with Crippen LogP contribution in [0.25, 0.3) is 0 Å². The smallest absolute Gasteiger partial charge is 0.341 e. The number of aromatic carboxylic acids is 1. The highest BCUT2D eigenvalue weighted by Crippen LogP contribution is 2.13. The van der Waals surface area contributed by atoms with E-state index in [1.807, 2.05) is 6.92 Å². The van der Waals surface area contributed by atoms with Crippen LogP contribution >= 0.6 is 0 Å². The second-order valence-corrected chi connectivity index (χ2v) is 2.58. The molecule has 1 aromatic rings. The molecule has 1 heterocycles. The summed E-state index contributed by atoms with van der Waals surface area (Å²) in [5.41, 5.74) is 0.131. The molecule has 0 saturated carbocycles. The SMILES string of the molecule is CCN(C)c1ncncc1C(=O)O. The molecule has 0 spiro atoms. The van der Waals surface area contributed by atoms with Gasteiger partial charge in [0.05, 0.1) is 0 Å². The van der Waals surface area contributed by atoms with Gasteiger partial charge in [0.1, 0.15) is 17.7 Å². The fourth-order valence-electron chi connectivity index (χ4n) is 0.928. The molecule has 5 heteroatoms. The summed E-state index contributed by atoms with van der Waals surface area (Å²) in [5.74, 6) is -0.555. The fourth-order valence-corrected chi connectivity index (χ4v) is 0.928. The number of hydrogen-bond donors (Lipinski definition) is 1. The van der Waals surface area contributed by atoms with Crippen LogP contribution in [0.4, 0.5) is 5.82 Å². The zero-order valence-electron chi connectivity index (χ0n) is 7.56. The molecule has 0 aliphatic carbocycles. The summed E-state index contributed by atoms with van der Waals surface area (Å²) < 4.78 is 0. The zero-order chi connectivity index (χ0) is 9.84. The minimum absolute atomic E-state index is 0.131. The van der Waals surface area contributed by atoms with Crippen molar-refractivity contribution in [1.82, 2.24) is 9.97 Å². The Kier molecular flexibility index (Phi) is 2.79. The van der Waals surface area contributed by atoms with Crippen molar-refractivity contribution < 1.29 is 9.90 Å². The number of carboxylic acids is 1. The van der Waals surface area contributed by atoms with Crippen molar-refractivity contribution in [3.63, 3.8) is 0 Å². The highest BCUT2D eigenvalue weighted by molar-refractivity contribution is 5.92. The van der Waals surface area contributed by atoms with E-state index in [1.54, 1.807) is 11.9 Å². The van der Waals surface area contributed by atoms with Crippen LogP contribution in [0, 0.1) is 0 Å². The molecule has 1 N–H and O–H groups in total. The Morgan fingerprint density at radius 3 is 2.92 bits per heavy atom. The summed E-state index contributed by atoms with van der Waals surface area (Å²) >= 11 is 0. The summed E-state index contributed by atoms with van der Waals surface area (Å²) in [6, 6.07) is 0. The van der Waals surface area contributed by atoms with Crippen LogP contribution in [0.2, 0.25) is 0 Å². The Bertz CT molecular complexity index is 314. The summed E-state index contributed by atoms with van der Waals surface area (Å²) in [6.45, 7) is 2.63. The summed E-state index contributed by atoms with van der Waals surface area (Å²) in [6.07, 6.45) is 2.64. The number of carbonyl (C=O) groups is 1. The van der Waals surface area contributed by atoms with Crippen molar-refractivity contribution in [1.29, 1.82) is 0 Å². The third-order valence-electron chi connectivity index (χ3n) is 1.76. The lowest BCUT2D eigenvalue weighted by molar-refractivity contribution is 0.0696. The van der Waals surface area contributed by atoms with Crippen molar-refractivity contribution in [3.05, 3.63) is 18.1 Å². The lowest BCUT2D eigenvalue weighted by Gasteiger charge is -2.16. The summed E-state index contributed by atoms with van der Waals surface area (Å²) in [5, 5.41) is 8.80. The summed E-state index contributed by atoms with van der Waals surface area (Å²) in [4.78, 5) is 20.1. The molecule has 0 aromatic carbocycles. The van der Waals surface area contributed by atoms with Gasteiger partial charge in [0.15, 0.2) is 0 Å². The first-order valence-corrected chi connectivity index (χ1v) is 3.91. The van der Waals surface area contributed by atoms with Crippen molar-refractivity contribution >= 4 is 11.8 Å². The molecule has 0 atom stereocenters. The molecule has 1 rings (SSSR count). The van der Waals surface area contributed by atoms with E-state index in [1.165, 1.54) is 12.5 Å². The minimum Gasteiger partial charge on any atom is -0.477 e. The predicted molar refractivity (Wildman–Crippen MR) is 47.9 cm³/mol.